The van der Waals surface area contributed by atoms with Gasteiger partial charge in [0, 0.05) is 28.4 Å². The maximum Gasteiger partial charge on any atom is 0.123 e. The van der Waals surface area contributed by atoms with Crippen LogP contribution in [0.25, 0.3) is 0 Å². The number of benzene rings is 1. The Morgan fingerprint density at radius 1 is 1.40 bits per heavy atom. The zero-order valence-electron chi connectivity index (χ0n) is 11.7. The molecule has 0 aliphatic carbocycles. The van der Waals surface area contributed by atoms with Crippen LogP contribution in [0.5, 0.6) is 5.75 Å². The first-order chi connectivity index (χ1) is 9.78. The molecule has 1 atom stereocenters. The van der Waals surface area contributed by atoms with Crippen LogP contribution in [-0.2, 0) is 6.54 Å². The molecule has 2 aromatic rings. The number of nitriles is 1. The van der Waals surface area contributed by atoms with Crippen LogP contribution in [0.1, 0.15) is 35.4 Å². The summed E-state index contributed by atoms with van der Waals surface area (Å²) < 4.78 is 5.42. The lowest BCUT2D eigenvalue weighted by Gasteiger charge is -2.19. The Balaban J connectivity index is 2.07. The Morgan fingerprint density at radius 2 is 2.20 bits per heavy atom. The van der Waals surface area contributed by atoms with Crippen molar-refractivity contribution in [1.29, 1.82) is 5.26 Å². The van der Waals surface area contributed by atoms with Crippen LogP contribution in [0.15, 0.2) is 35.7 Å². The van der Waals surface area contributed by atoms with E-state index in [9.17, 15) is 0 Å². The first kappa shape index (κ1) is 14.6. The molecule has 1 unspecified atom stereocenters. The molecule has 104 valence electrons. The van der Waals surface area contributed by atoms with Crippen molar-refractivity contribution in [1.82, 2.24) is 5.32 Å². The van der Waals surface area contributed by atoms with Gasteiger partial charge in [-0.3, -0.25) is 0 Å². The van der Waals surface area contributed by atoms with Crippen molar-refractivity contribution in [2.45, 2.75) is 25.9 Å². The maximum absolute atomic E-state index is 8.84. The van der Waals surface area contributed by atoms with E-state index in [0.29, 0.717) is 0 Å². The lowest BCUT2D eigenvalue weighted by Crippen LogP contribution is -2.20. The molecule has 1 aromatic heterocycles. The zero-order chi connectivity index (χ0) is 14.4. The smallest absolute Gasteiger partial charge is 0.123 e. The van der Waals surface area contributed by atoms with Gasteiger partial charge in [-0.05, 0) is 18.6 Å². The Bertz CT molecular complexity index is 601. The Morgan fingerprint density at radius 3 is 2.85 bits per heavy atom. The van der Waals surface area contributed by atoms with Crippen LogP contribution < -0.4 is 10.1 Å². The van der Waals surface area contributed by atoms with Crippen LogP contribution in [0.3, 0.4) is 0 Å². The number of nitrogens with zero attached hydrogens (tertiary/aromatic N) is 1. The van der Waals surface area contributed by atoms with Crippen LogP contribution in [0, 0.1) is 11.3 Å². The van der Waals surface area contributed by atoms with Gasteiger partial charge in [0.25, 0.3) is 0 Å². The topological polar surface area (TPSA) is 45.0 Å². The number of nitrogens with one attached hydrogen (secondary N) is 1. The Kier molecular flexibility index (Phi) is 5.16. The molecule has 2 rings (SSSR count). The normalized spacial score (nSPS) is 11.8. The number of ether oxygens (including phenoxy) is 1. The predicted molar refractivity (Wildman–Crippen MR) is 81.9 cm³/mol. The number of methoxy groups -OCH3 is 1. The Hall–Kier alpha value is -1.83. The molecule has 1 N–H and O–H groups in total. The third-order valence-electron chi connectivity index (χ3n) is 3.23. The van der Waals surface area contributed by atoms with E-state index < -0.39 is 0 Å². The molecule has 20 heavy (non-hydrogen) atoms. The number of hydrogen-bond donors (Lipinski definition) is 1. The maximum atomic E-state index is 8.84. The minimum Gasteiger partial charge on any atom is -0.496 e. The van der Waals surface area contributed by atoms with Crippen LogP contribution in [-0.4, -0.2) is 7.11 Å². The number of para-hydroxylation sites is 1. The van der Waals surface area contributed by atoms with Crippen LogP contribution in [0.2, 0.25) is 0 Å². The summed E-state index contributed by atoms with van der Waals surface area (Å²) in [5, 5.41) is 14.3. The van der Waals surface area contributed by atoms with Crippen LogP contribution in [0.4, 0.5) is 0 Å². The minimum absolute atomic E-state index is 0.249. The van der Waals surface area contributed by atoms with Crippen LogP contribution >= 0.6 is 11.3 Å². The van der Waals surface area contributed by atoms with E-state index in [1.54, 1.807) is 18.4 Å². The van der Waals surface area contributed by atoms with Gasteiger partial charge < -0.3 is 10.1 Å². The first-order valence-electron chi connectivity index (χ1n) is 6.62. The monoisotopic (exact) mass is 286 g/mol. The molecule has 3 nitrogen and oxygen atoms in total. The van der Waals surface area contributed by atoms with E-state index >= 15 is 0 Å². The van der Waals surface area contributed by atoms with Gasteiger partial charge in [0.2, 0.25) is 0 Å². The second-order valence-corrected chi connectivity index (χ2v) is 5.49. The van der Waals surface area contributed by atoms with E-state index in [4.69, 9.17) is 10.00 Å². The predicted octanol–water partition coefficient (Wildman–Crippen LogP) is 3.87. The molecular weight excluding hydrogens is 268 g/mol. The molecule has 1 aromatic carbocycles. The molecule has 0 amide bonds. The number of hydrogen-bond acceptors (Lipinski definition) is 4. The van der Waals surface area contributed by atoms with Crippen molar-refractivity contribution in [3.8, 4) is 11.8 Å². The lowest BCUT2D eigenvalue weighted by molar-refractivity contribution is 0.397. The zero-order valence-corrected chi connectivity index (χ0v) is 12.5. The quantitative estimate of drug-likeness (QED) is 0.876. The molecular formula is C16H18N2OS. The second kappa shape index (κ2) is 7.09. The molecule has 0 radical (unpaired) electrons. The second-order valence-electron chi connectivity index (χ2n) is 4.50. The summed E-state index contributed by atoms with van der Waals surface area (Å²) in [7, 11) is 1.70. The SMILES string of the molecule is CCC(NCc1cc(C#N)cs1)c1ccccc1OC. The first-order valence-corrected chi connectivity index (χ1v) is 7.50. The van der Waals surface area contributed by atoms with E-state index in [0.717, 1.165) is 24.3 Å². The number of thiophene rings is 1. The highest BCUT2D eigenvalue weighted by Gasteiger charge is 2.13. The lowest BCUT2D eigenvalue weighted by atomic mass is 10.0. The standard InChI is InChI=1S/C16H18N2OS/c1-3-15(14-6-4-5-7-16(14)19-2)18-10-13-8-12(9-17)11-20-13/h4-8,11,15,18H,3,10H2,1-2H3. The Labute approximate surface area is 123 Å². The van der Waals surface area contributed by atoms with Gasteiger partial charge in [0.05, 0.1) is 12.7 Å². The van der Waals surface area contributed by atoms with E-state index in [-0.39, 0.29) is 6.04 Å². The van der Waals surface area contributed by atoms with E-state index in [2.05, 4.69) is 24.4 Å². The highest BCUT2D eigenvalue weighted by Crippen LogP contribution is 2.27. The summed E-state index contributed by atoms with van der Waals surface area (Å²) in [5.74, 6) is 0.913. The van der Waals surface area contributed by atoms with Gasteiger partial charge in [-0.15, -0.1) is 11.3 Å². The van der Waals surface area contributed by atoms with Gasteiger partial charge >= 0.3 is 0 Å². The van der Waals surface area contributed by atoms with Gasteiger partial charge in [0.15, 0.2) is 0 Å². The fourth-order valence-corrected chi connectivity index (χ4v) is 2.95. The minimum atomic E-state index is 0.249. The molecule has 0 spiro atoms. The summed E-state index contributed by atoms with van der Waals surface area (Å²) in [6.07, 6.45) is 0.983. The van der Waals surface area contributed by atoms with Crippen molar-refractivity contribution >= 4 is 11.3 Å². The molecule has 4 heteroatoms. The van der Waals surface area contributed by atoms with Gasteiger partial charge in [0.1, 0.15) is 11.8 Å². The third-order valence-corrected chi connectivity index (χ3v) is 4.16. The van der Waals surface area contributed by atoms with E-state index in [1.807, 2.05) is 29.6 Å². The summed E-state index contributed by atoms with van der Waals surface area (Å²) in [5.41, 5.74) is 1.91. The summed E-state index contributed by atoms with van der Waals surface area (Å²) in [6.45, 7) is 2.92. The van der Waals surface area contributed by atoms with Crippen molar-refractivity contribution in [2.75, 3.05) is 7.11 Å². The molecule has 0 saturated heterocycles. The highest BCUT2D eigenvalue weighted by atomic mass is 32.1. The van der Waals surface area contributed by atoms with Crippen molar-refractivity contribution < 1.29 is 4.74 Å². The molecule has 0 aliphatic rings. The van der Waals surface area contributed by atoms with Gasteiger partial charge in [-0.25, -0.2) is 0 Å². The molecule has 0 aliphatic heterocycles. The van der Waals surface area contributed by atoms with E-state index in [1.165, 1.54) is 10.4 Å². The molecule has 0 bridgehead atoms. The third kappa shape index (κ3) is 3.38. The van der Waals surface area contributed by atoms with Crippen molar-refractivity contribution in [2.24, 2.45) is 0 Å². The van der Waals surface area contributed by atoms with Crippen molar-refractivity contribution in [3.63, 3.8) is 0 Å². The number of rotatable bonds is 6. The highest BCUT2D eigenvalue weighted by molar-refractivity contribution is 7.10. The molecule has 1 heterocycles. The molecule has 0 saturated carbocycles. The average molecular weight is 286 g/mol. The fourth-order valence-electron chi connectivity index (χ4n) is 2.18. The molecule has 0 fully saturated rings. The van der Waals surface area contributed by atoms with Gasteiger partial charge in [-0.1, -0.05) is 25.1 Å². The largest absolute Gasteiger partial charge is 0.496 e. The summed E-state index contributed by atoms with van der Waals surface area (Å²) in [4.78, 5) is 1.18. The summed E-state index contributed by atoms with van der Waals surface area (Å²) in [6, 6.07) is 12.4. The average Bonchev–Trinajstić information content (AvgIpc) is 2.96. The van der Waals surface area contributed by atoms with Crippen molar-refractivity contribution in [3.05, 3.63) is 51.7 Å². The summed E-state index contributed by atoms with van der Waals surface area (Å²) >= 11 is 1.62. The fraction of sp³-hybridized carbons (Fsp3) is 0.312. The van der Waals surface area contributed by atoms with Gasteiger partial charge in [-0.2, -0.15) is 5.26 Å².